The zero-order valence-corrected chi connectivity index (χ0v) is 18.2. The summed E-state index contributed by atoms with van der Waals surface area (Å²) in [6.45, 7) is 0.861. The molecule has 0 saturated heterocycles. The summed E-state index contributed by atoms with van der Waals surface area (Å²) in [6.07, 6.45) is 2.54. The Morgan fingerprint density at radius 2 is 1.78 bits per heavy atom. The monoisotopic (exact) mass is 445 g/mol. The number of benzene rings is 2. The fraction of sp³-hybridized carbons (Fsp3) is 0.167. The second-order valence-electron chi connectivity index (χ2n) is 7.48. The van der Waals surface area contributed by atoms with Crippen molar-refractivity contribution < 1.29 is 4.74 Å². The predicted molar refractivity (Wildman–Crippen MR) is 124 cm³/mol. The van der Waals surface area contributed by atoms with Gasteiger partial charge >= 0.3 is 0 Å². The number of hydrogen-bond acceptors (Lipinski definition) is 5. The van der Waals surface area contributed by atoms with E-state index >= 15 is 0 Å². The van der Waals surface area contributed by atoms with Crippen molar-refractivity contribution in [2.75, 3.05) is 7.11 Å². The highest BCUT2D eigenvalue weighted by Crippen LogP contribution is 2.30. The summed E-state index contributed by atoms with van der Waals surface area (Å²) in [7, 11) is 1.62. The Kier molecular flexibility index (Phi) is 5.43. The van der Waals surface area contributed by atoms with Crippen LogP contribution in [0.3, 0.4) is 0 Å². The predicted octanol–water partition coefficient (Wildman–Crippen LogP) is 4.15. The Bertz CT molecular complexity index is 1460. The molecular weight excluding hydrogens is 426 g/mol. The van der Waals surface area contributed by atoms with Gasteiger partial charge in [0.15, 0.2) is 11.2 Å². The fourth-order valence-electron chi connectivity index (χ4n) is 3.85. The van der Waals surface area contributed by atoms with E-state index in [0.29, 0.717) is 35.0 Å². The summed E-state index contributed by atoms with van der Waals surface area (Å²) in [5.41, 5.74) is 4.86. The van der Waals surface area contributed by atoms with Crippen LogP contribution in [-0.2, 0) is 24.3 Å². The van der Waals surface area contributed by atoms with E-state index in [1.165, 1.54) is 5.56 Å². The average Bonchev–Trinajstić information content (AvgIpc) is 3.18. The highest BCUT2D eigenvalue weighted by atomic mass is 35.5. The second-order valence-corrected chi connectivity index (χ2v) is 7.92. The molecule has 5 rings (SSSR count). The Hall–Kier alpha value is -3.55. The number of ether oxygens (including phenoxy) is 1. The SMILES string of the molecule is COCc1nn2c(nnc3c(=O)n(CCc4ccccc4)ccc32)c1-c1ccc(Cl)cc1. The number of rotatable bonds is 6. The van der Waals surface area contributed by atoms with Crippen LogP contribution in [0.5, 0.6) is 0 Å². The number of nitrogens with zero attached hydrogens (tertiary/aromatic N) is 5. The van der Waals surface area contributed by atoms with Crippen molar-refractivity contribution >= 4 is 28.3 Å². The number of aromatic nitrogens is 5. The lowest BCUT2D eigenvalue weighted by atomic mass is 10.1. The zero-order chi connectivity index (χ0) is 22.1. The van der Waals surface area contributed by atoms with Crippen molar-refractivity contribution in [3.8, 4) is 11.1 Å². The van der Waals surface area contributed by atoms with Gasteiger partial charge in [0.2, 0.25) is 0 Å². The third-order valence-electron chi connectivity index (χ3n) is 5.42. The van der Waals surface area contributed by atoms with Gasteiger partial charge in [0.1, 0.15) is 5.52 Å². The molecule has 0 atom stereocenters. The smallest absolute Gasteiger partial charge is 0.280 e. The van der Waals surface area contributed by atoms with Crippen LogP contribution in [0.4, 0.5) is 0 Å². The van der Waals surface area contributed by atoms with Crippen molar-refractivity contribution in [1.29, 1.82) is 0 Å². The van der Waals surface area contributed by atoms with Gasteiger partial charge in [-0.3, -0.25) is 4.79 Å². The highest BCUT2D eigenvalue weighted by Gasteiger charge is 2.19. The minimum Gasteiger partial charge on any atom is -0.378 e. The fourth-order valence-corrected chi connectivity index (χ4v) is 3.97. The number of hydrogen-bond donors (Lipinski definition) is 0. The summed E-state index contributed by atoms with van der Waals surface area (Å²) >= 11 is 6.06. The molecular formula is C24H20ClN5O2. The summed E-state index contributed by atoms with van der Waals surface area (Å²) in [5, 5.41) is 14.0. The standard InChI is InChI=1S/C24H20ClN5O2/c1-32-15-19-21(17-7-9-18(25)10-8-17)23-27-26-22-20(30(23)28-19)12-14-29(24(22)31)13-11-16-5-3-2-4-6-16/h2-10,12,14H,11,13,15H2,1H3. The summed E-state index contributed by atoms with van der Waals surface area (Å²) in [4.78, 5) is 13.1. The molecule has 160 valence electrons. The molecule has 0 radical (unpaired) electrons. The minimum absolute atomic E-state index is 0.190. The van der Waals surface area contributed by atoms with Gasteiger partial charge in [-0.1, -0.05) is 54.1 Å². The van der Waals surface area contributed by atoms with Crippen molar-refractivity contribution in [2.24, 2.45) is 0 Å². The first-order valence-corrected chi connectivity index (χ1v) is 10.6. The molecule has 0 aliphatic heterocycles. The number of fused-ring (bicyclic) bond motifs is 3. The number of pyridine rings is 1. The van der Waals surface area contributed by atoms with E-state index in [1.54, 1.807) is 22.4 Å². The van der Waals surface area contributed by atoms with E-state index in [1.807, 2.05) is 48.5 Å². The molecule has 8 heteroatoms. The maximum Gasteiger partial charge on any atom is 0.280 e. The summed E-state index contributed by atoms with van der Waals surface area (Å²) < 4.78 is 8.69. The molecule has 32 heavy (non-hydrogen) atoms. The molecule has 0 bridgehead atoms. The molecule has 0 fully saturated rings. The molecule has 0 spiro atoms. The molecule has 0 aliphatic rings. The van der Waals surface area contributed by atoms with Gasteiger partial charge in [-0.2, -0.15) is 5.10 Å². The first-order chi connectivity index (χ1) is 15.7. The van der Waals surface area contributed by atoms with Crippen molar-refractivity contribution in [3.05, 3.63) is 93.5 Å². The molecule has 3 heterocycles. The van der Waals surface area contributed by atoms with E-state index in [2.05, 4.69) is 22.3 Å². The van der Waals surface area contributed by atoms with Crippen LogP contribution in [0.1, 0.15) is 11.3 Å². The van der Waals surface area contributed by atoms with Crippen LogP contribution >= 0.6 is 11.6 Å². The van der Waals surface area contributed by atoms with E-state index in [-0.39, 0.29) is 11.1 Å². The van der Waals surface area contributed by atoms with E-state index in [9.17, 15) is 4.79 Å². The van der Waals surface area contributed by atoms with Gasteiger partial charge in [-0.15, -0.1) is 10.2 Å². The molecule has 2 aromatic carbocycles. The average molecular weight is 446 g/mol. The van der Waals surface area contributed by atoms with Crippen LogP contribution in [0.2, 0.25) is 5.02 Å². The normalized spacial score (nSPS) is 11.4. The molecule has 0 saturated carbocycles. The summed E-state index contributed by atoms with van der Waals surface area (Å²) in [5.74, 6) is 0. The van der Waals surface area contributed by atoms with Gasteiger partial charge in [0.25, 0.3) is 5.56 Å². The molecule has 0 N–H and O–H groups in total. The number of halogens is 1. The Morgan fingerprint density at radius 3 is 2.53 bits per heavy atom. The minimum atomic E-state index is -0.190. The first-order valence-electron chi connectivity index (χ1n) is 10.2. The lowest BCUT2D eigenvalue weighted by molar-refractivity contribution is 0.181. The molecule has 5 aromatic rings. The van der Waals surface area contributed by atoms with Gasteiger partial charge in [-0.05, 0) is 35.7 Å². The van der Waals surface area contributed by atoms with Crippen molar-refractivity contribution in [2.45, 2.75) is 19.6 Å². The second kappa shape index (κ2) is 8.53. The van der Waals surface area contributed by atoms with Crippen molar-refractivity contribution in [1.82, 2.24) is 24.4 Å². The molecule has 7 nitrogen and oxygen atoms in total. The van der Waals surface area contributed by atoms with E-state index < -0.39 is 0 Å². The van der Waals surface area contributed by atoms with E-state index in [4.69, 9.17) is 21.4 Å². The van der Waals surface area contributed by atoms with Gasteiger partial charge < -0.3 is 9.30 Å². The van der Waals surface area contributed by atoms with Crippen LogP contribution in [-0.4, -0.2) is 31.5 Å². The van der Waals surface area contributed by atoms with Crippen LogP contribution in [0.15, 0.2) is 71.7 Å². The third-order valence-corrected chi connectivity index (χ3v) is 5.67. The van der Waals surface area contributed by atoms with Gasteiger partial charge in [-0.25, -0.2) is 4.52 Å². The van der Waals surface area contributed by atoms with E-state index in [0.717, 1.165) is 17.5 Å². The van der Waals surface area contributed by atoms with Crippen LogP contribution in [0, 0.1) is 0 Å². The zero-order valence-electron chi connectivity index (χ0n) is 17.4. The molecule has 3 aromatic heterocycles. The topological polar surface area (TPSA) is 74.3 Å². The van der Waals surface area contributed by atoms with Gasteiger partial charge in [0.05, 0.1) is 17.9 Å². The maximum absolute atomic E-state index is 13.1. The number of aryl methyl sites for hydroxylation is 2. The lowest BCUT2D eigenvalue weighted by Gasteiger charge is -2.07. The lowest BCUT2D eigenvalue weighted by Crippen LogP contribution is -2.22. The first kappa shape index (κ1) is 20.4. The van der Waals surface area contributed by atoms with Crippen LogP contribution < -0.4 is 5.56 Å². The highest BCUT2D eigenvalue weighted by molar-refractivity contribution is 6.30. The molecule has 0 aliphatic carbocycles. The largest absolute Gasteiger partial charge is 0.378 e. The molecule has 0 amide bonds. The van der Waals surface area contributed by atoms with Crippen molar-refractivity contribution in [3.63, 3.8) is 0 Å². The summed E-state index contributed by atoms with van der Waals surface area (Å²) in [6, 6.07) is 19.4. The Morgan fingerprint density at radius 1 is 1.00 bits per heavy atom. The molecule has 0 unspecified atom stereocenters. The number of methoxy groups -OCH3 is 1. The van der Waals surface area contributed by atoms with Crippen LogP contribution in [0.25, 0.3) is 27.8 Å². The maximum atomic E-state index is 13.1. The quantitative estimate of drug-likeness (QED) is 0.392. The Balaban J connectivity index is 1.61. The third kappa shape index (κ3) is 3.66. The Labute approximate surface area is 188 Å². The van der Waals surface area contributed by atoms with Gasteiger partial charge in [0, 0.05) is 24.9 Å².